The summed E-state index contributed by atoms with van der Waals surface area (Å²) in [7, 11) is 0. The largest absolute Gasteiger partial charge is 0.416 e. The Morgan fingerprint density at radius 3 is 2.15 bits per heavy atom. The fourth-order valence-electron chi connectivity index (χ4n) is 6.42. The predicted molar refractivity (Wildman–Crippen MR) is 138 cm³/mol. The average molecular weight is 588 g/mol. The van der Waals surface area contributed by atoms with Crippen molar-refractivity contribution in [1.82, 2.24) is 4.90 Å². The van der Waals surface area contributed by atoms with Crippen LogP contribution in [0.25, 0.3) is 0 Å². The number of piperidine rings is 1. The first-order valence-corrected chi connectivity index (χ1v) is 14.0. The third-order valence-electron chi connectivity index (χ3n) is 8.76. The molecule has 5 atom stereocenters. The molecule has 0 aliphatic carbocycles. The Morgan fingerprint density at radius 1 is 0.951 bits per heavy atom. The van der Waals surface area contributed by atoms with Crippen molar-refractivity contribution < 1.29 is 45.7 Å². The van der Waals surface area contributed by atoms with Crippen LogP contribution in [-0.4, -0.2) is 60.8 Å². The van der Waals surface area contributed by atoms with E-state index in [4.69, 9.17) is 14.2 Å². The minimum absolute atomic E-state index is 0.0686. The maximum absolute atomic E-state index is 13.5. The topological polar surface area (TPSA) is 51.2 Å². The minimum Gasteiger partial charge on any atom is -0.390 e. The fourth-order valence-corrected chi connectivity index (χ4v) is 6.42. The lowest BCUT2D eigenvalue weighted by Gasteiger charge is -2.44. The Bertz CT molecular complexity index is 1130. The van der Waals surface area contributed by atoms with Crippen LogP contribution in [0.2, 0.25) is 0 Å². The second kappa shape index (κ2) is 11.8. The van der Waals surface area contributed by atoms with E-state index in [1.165, 1.54) is 6.92 Å². The van der Waals surface area contributed by atoms with Gasteiger partial charge >= 0.3 is 12.4 Å². The third kappa shape index (κ3) is 6.74. The monoisotopic (exact) mass is 587 g/mol. The van der Waals surface area contributed by atoms with Crippen LogP contribution in [0.3, 0.4) is 0 Å². The summed E-state index contributed by atoms with van der Waals surface area (Å²) in [6.07, 6.45) is -9.50. The van der Waals surface area contributed by atoms with Crippen molar-refractivity contribution in [2.45, 2.75) is 75.0 Å². The standard InChI is InChI=1S/C30H35F6NO4/c1-19(22-15-23(29(31,32)33)17-24(16-22)30(34,35)36)41-27-26(20-5-3-2-4-6-20)21(7-13-39-27)18-37-11-9-28(10-12-37)25(38)8-14-40-28/h2-6,15-17,19,21,25-27,38H,7-14,18H2,1H3/t19-,21+,25?,26+,27-/m1/s1. The van der Waals surface area contributed by atoms with E-state index in [2.05, 4.69) is 4.90 Å². The van der Waals surface area contributed by atoms with Gasteiger partial charge in [0.1, 0.15) is 0 Å². The zero-order valence-electron chi connectivity index (χ0n) is 22.8. The zero-order chi connectivity index (χ0) is 29.4. The van der Waals surface area contributed by atoms with E-state index in [1.807, 2.05) is 30.3 Å². The van der Waals surface area contributed by atoms with E-state index in [0.717, 1.165) is 37.9 Å². The first kappa shape index (κ1) is 30.3. The van der Waals surface area contributed by atoms with Gasteiger partial charge in [-0.15, -0.1) is 0 Å². The lowest BCUT2D eigenvalue weighted by Crippen LogP contribution is -2.51. The Morgan fingerprint density at radius 2 is 1.59 bits per heavy atom. The molecule has 1 N–H and O–H groups in total. The highest BCUT2D eigenvalue weighted by Gasteiger charge is 2.46. The van der Waals surface area contributed by atoms with E-state index >= 15 is 0 Å². The lowest BCUT2D eigenvalue weighted by atomic mass is 9.80. The van der Waals surface area contributed by atoms with Gasteiger partial charge < -0.3 is 24.2 Å². The summed E-state index contributed by atoms with van der Waals surface area (Å²) in [5.74, 6) is -0.219. The molecule has 3 heterocycles. The highest BCUT2D eigenvalue weighted by molar-refractivity contribution is 5.35. The van der Waals surface area contributed by atoms with Crippen molar-refractivity contribution in [3.8, 4) is 0 Å². The summed E-state index contributed by atoms with van der Waals surface area (Å²) in [5, 5.41) is 10.4. The van der Waals surface area contributed by atoms with Gasteiger partial charge in [-0.1, -0.05) is 30.3 Å². The molecule has 11 heteroatoms. The summed E-state index contributed by atoms with van der Waals surface area (Å²) in [6, 6.07) is 11.1. The van der Waals surface area contributed by atoms with Crippen LogP contribution in [0.1, 0.15) is 66.9 Å². The Balaban J connectivity index is 1.36. The van der Waals surface area contributed by atoms with Gasteiger partial charge in [0.15, 0.2) is 6.29 Å². The Kier molecular flexibility index (Phi) is 8.74. The van der Waals surface area contributed by atoms with Gasteiger partial charge in [0.2, 0.25) is 0 Å². The number of likely N-dealkylation sites (tertiary alicyclic amines) is 1. The minimum atomic E-state index is -4.94. The second-order valence-corrected chi connectivity index (χ2v) is 11.4. The summed E-state index contributed by atoms with van der Waals surface area (Å²) in [6.45, 7) is 4.57. The van der Waals surface area contributed by atoms with Crippen LogP contribution in [0.15, 0.2) is 48.5 Å². The molecule has 3 aliphatic rings. The van der Waals surface area contributed by atoms with Crippen LogP contribution in [0.4, 0.5) is 26.3 Å². The molecular formula is C30H35F6NO4. The van der Waals surface area contributed by atoms with Crippen LogP contribution < -0.4 is 0 Å². The van der Waals surface area contributed by atoms with Crippen LogP contribution in [0, 0.1) is 5.92 Å². The Hall–Kier alpha value is -2.18. The van der Waals surface area contributed by atoms with E-state index < -0.39 is 47.6 Å². The quantitative estimate of drug-likeness (QED) is 0.388. The molecule has 2 aromatic carbocycles. The molecule has 0 radical (unpaired) electrons. The van der Waals surface area contributed by atoms with Crippen LogP contribution >= 0.6 is 0 Å². The SMILES string of the molecule is C[C@@H](O[C@H]1OCC[C@@H](CN2CCC3(CC2)OCCC3O)[C@@H]1c1ccccc1)c1cc(C(F)(F)F)cc(C(F)(F)F)c1. The van der Waals surface area contributed by atoms with E-state index in [9.17, 15) is 31.4 Å². The maximum atomic E-state index is 13.5. The number of ether oxygens (including phenoxy) is 3. The molecule has 2 aromatic rings. The number of hydrogen-bond donors (Lipinski definition) is 1. The lowest BCUT2D eigenvalue weighted by molar-refractivity contribution is -0.211. The number of benzene rings is 2. The molecule has 0 aromatic heterocycles. The number of aliphatic hydroxyl groups is 1. The number of aliphatic hydroxyl groups excluding tert-OH is 1. The van der Waals surface area contributed by atoms with E-state index in [0.29, 0.717) is 38.3 Å². The first-order chi connectivity index (χ1) is 19.4. The number of nitrogens with zero attached hydrogens (tertiary/aromatic N) is 1. The van der Waals surface area contributed by atoms with Crippen molar-refractivity contribution >= 4 is 0 Å². The number of rotatable bonds is 6. The van der Waals surface area contributed by atoms with Gasteiger partial charge in [0, 0.05) is 25.6 Å². The molecule has 1 spiro atoms. The molecule has 1 unspecified atom stereocenters. The molecule has 5 rings (SSSR count). The van der Waals surface area contributed by atoms with Crippen molar-refractivity contribution in [2.24, 2.45) is 5.92 Å². The molecule has 226 valence electrons. The molecule has 3 saturated heterocycles. The third-order valence-corrected chi connectivity index (χ3v) is 8.76. The number of hydrogen-bond acceptors (Lipinski definition) is 5. The van der Waals surface area contributed by atoms with Gasteiger partial charge in [0.05, 0.1) is 42.1 Å². The van der Waals surface area contributed by atoms with Gasteiger partial charge in [-0.3, -0.25) is 0 Å². The van der Waals surface area contributed by atoms with Crippen LogP contribution in [-0.2, 0) is 26.6 Å². The van der Waals surface area contributed by atoms with Crippen molar-refractivity contribution in [3.05, 3.63) is 70.8 Å². The maximum Gasteiger partial charge on any atom is 0.416 e. The van der Waals surface area contributed by atoms with Gasteiger partial charge in [-0.05, 0) is 67.9 Å². The zero-order valence-corrected chi connectivity index (χ0v) is 22.8. The molecule has 3 fully saturated rings. The van der Waals surface area contributed by atoms with Gasteiger partial charge in [-0.2, -0.15) is 26.3 Å². The normalized spacial score (nSPS) is 28.2. The predicted octanol–water partition coefficient (Wildman–Crippen LogP) is 6.56. The molecule has 0 saturated carbocycles. The first-order valence-electron chi connectivity index (χ1n) is 14.0. The molecule has 41 heavy (non-hydrogen) atoms. The Labute approximate surface area is 235 Å². The second-order valence-electron chi connectivity index (χ2n) is 11.4. The van der Waals surface area contributed by atoms with Crippen LogP contribution in [0.5, 0.6) is 0 Å². The highest BCUT2D eigenvalue weighted by atomic mass is 19.4. The fraction of sp³-hybridized carbons (Fsp3) is 0.600. The van der Waals surface area contributed by atoms with Crippen molar-refractivity contribution in [2.75, 3.05) is 32.8 Å². The molecule has 5 nitrogen and oxygen atoms in total. The van der Waals surface area contributed by atoms with Gasteiger partial charge in [0.25, 0.3) is 0 Å². The summed E-state index contributed by atoms with van der Waals surface area (Å²) >= 11 is 0. The molecular weight excluding hydrogens is 552 g/mol. The average Bonchev–Trinajstić information content (AvgIpc) is 3.28. The summed E-state index contributed by atoms with van der Waals surface area (Å²) < 4.78 is 98.9. The van der Waals surface area contributed by atoms with Crippen molar-refractivity contribution in [1.29, 1.82) is 0 Å². The number of halogens is 6. The van der Waals surface area contributed by atoms with Gasteiger partial charge in [-0.25, -0.2) is 0 Å². The molecule has 3 aliphatic heterocycles. The smallest absolute Gasteiger partial charge is 0.390 e. The van der Waals surface area contributed by atoms with E-state index in [-0.39, 0.29) is 23.5 Å². The molecule has 0 amide bonds. The summed E-state index contributed by atoms with van der Waals surface area (Å²) in [5.41, 5.74) is -2.52. The summed E-state index contributed by atoms with van der Waals surface area (Å²) in [4.78, 5) is 2.33. The molecule has 0 bridgehead atoms. The van der Waals surface area contributed by atoms with E-state index in [1.54, 1.807) is 0 Å². The highest BCUT2D eigenvalue weighted by Crippen LogP contribution is 2.43. The van der Waals surface area contributed by atoms with Crippen molar-refractivity contribution in [3.63, 3.8) is 0 Å². The number of alkyl halides is 6.